The van der Waals surface area contributed by atoms with Gasteiger partial charge in [0.25, 0.3) is 0 Å². The lowest BCUT2D eigenvalue weighted by atomic mass is 10.2. The zero-order valence-corrected chi connectivity index (χ0v) is 11.9. The quantitative estimate of drug-likeness (QED) is 0.686. The summed E-state index contributed by atoms with van der Waals surface area (Å²) in [5.74, 6) is 0. The van der Waals surface area contributed by atoms with Crippen molar-refractivity contribution in [1.29, 1.82) is 0 Å². The number of hydrogen-bond acceptors (Lipinski definition) is 3. The molecule has 0 heterocycles. The minimum absolute atomic E-state index is 0.411. The van der Waals surface area contributed by atoms with Crippen LogP contribution < -0.4 is 0 Å². The third kappa shape index (κ3) is 5.27. The molecule has 0 saturated carbocycles. The van der Waals surface area contributed by atoms with Crippen molar-refractivity contribution in [3.63, 3.8) is 0 Å². The van der Waals surface area contributed by atoms with Gasteiger partial charge in [0, 0.05) is 0 Å². The second-order valence-corrected chi connectivity index (χ2v) is 5.33. The van der Waals surface area contributed by atoms with Crippen LogP contribution in [0.3, 0.4) is 0 Å². The predicted octanol–water partition coefficient (Wildman–Crippen LogP) is 4.82. The molecule has 19 heavy (non-hydrogen) atoms. The predicted molar refractivity (Wildman–Crippen MR) is 76.3 cm³/mol. The molecule has 0 N–H and O–H groups in total. The van der Waals surface area contributed by atoms with Crippen molar-refractivity contribution in [2.24, 2.45) is 0 Å². The smallest absolute Gasteiger partial charge is 0.307 e. The van der Waals surface area contributed by atoms with Crippen molar-refractivity contribution in [3.05, 3.63) is 71.8 Å². The van der Waals surface area contributed by atoms with E-state index in [2.05, 4.69) is 4.08 Å². The minimum atomic E-state index is -1.54. The van der Waals surface area contributed by atoms with Gasteiger partial charge in [-0.3, -0.25) is 0 Å². The molecule has 3 nitrogen and oxygen atoms in total. The molecule has 0 saturated heterocycles. The summed E-state index contributed by atoms with van der Waals surface area (Å²) < 4.78 is 15.7. The molecule has 100 valence electrons. The highest BCUT2D eigenvalue weighted by molar-refractivity contribution is 7.42. The van der Waals surface area contributed by atoms with Gasteiger partial charge in [0.2, 0.25) is 0 Å². The summed E-state index contributed by atoms with van der Waals surface area (Å²) >= 11 is 5.38. The lowest BCUT2D eigenvalue weighted by molar-refractivity contribution is 0.196. The van der Waals surface area contributed by atoms with Crippen molar-refractivity contribution in [2.75, 3.05) is 0 Å². The molecule has 5 heteroatoms. The Labute approximate surface area is 119 Å². The Balaban J connectivity index is 1.77. The van der Waals surface area contributed by atoms with Crippen molar-refractivity contribution >= 4 is 20.5 Å². The first kappa shape index (κ1) is 14.4. The molecule has 0 radical (unpaired) electrons. The topological polar surface area (TPSA) is 27.7 Å². The Morgan fingerprint density at radius 2 is 1.16 bits per heavy atom. The molecule has 0 unspecified atom stereocenters. The summed E-state index contributed by atoms with van der Waals surface area (Å²) in [7, 11) is -1.54. The monoisotopic (exact) mass is 296 g/mol. The van der Waals surface area contributed by atoms with Gasteiger partial charge in [0.1, 0.15) is 0 Å². The van der Waals surface area contributed by atoms with Gasteiger partial charge in [0.05, 0.1) is 25.1 Å². The molecule has 2 rings (SSSR count). The number of rotatable bonds is 7. The molecule has 0 aromatic heterocycles. The molecule has 2 aromatic rings. The zero-order valence-electron chi connectivity index (χ0n) is 10.2. The molecule has 0 aliphatic rings. The van der Waals surface area contributed by atoms with E-state index in [1.54, 1.807) is 0 Å². The summed E-state index contributed by atoms with van der Waals surface area (Å²) in [5.41, 5.74) is 2.10. The third-order valence-corrected chi connectivity index (χ3v) is 3.55. The maximum absolute atomic E-state index is 5.49. The van der Waals surface area contributed by atoms with E-state index in [4.69, 9.17) is 20.9 Å². The van der Waals surface area contributed by atoms with Gasteiger partial charge in [-0.2, -0.15) is 4.08 Å². The first-order chi connectivity index (χ1) is 9.38. The van der Waals surface area contributed by atoms with Crippen LogP contribution >= 0.6 is 20.5 Å². The van der Waals surface area contributed by atoms with E-state index in [-0.39, 0.29) is 0 Å². The van der Waals surface area contributed by atoms with Crippen LogP contribution in [0.5, 0.6) is 0 Å². The van der Waals surface area contributed by atoms with E-state index in [9.17, 15) is 0 Å². The molecule has 0 atom stereocenters. The van der Waals surface area contributed by atoms with E-state index in [1.807, 2.05) is 60.7 Å². The van der Waals surface area contributed by atoms with Crippen molar-refractivity contribution < 1.29 is 13.1 Å². The molecule has 0 aliphatic heterocycles. The van der Waals surface area contributed by atoms with Gasteiger partial charge in [-0.05, 0) is 11.1 Å². The van der Waals surface area contributed by atoms with Crippen LogP contribution in [-0.2, 0) is 26.3 Å². The minimum Gasteiger partial charge on any atom is -0.307 e. The van der Waals surface area contributed by atoms with Gasteiger partial charge < -0.3 is 9.05 Å². The van der Waals surface area contributed by atoms with Crippen molar-refractivity contribution in [3.8, 4) is 0 Å². The van der Waals surface area contributed by atoms with E-state index in [0.29, 0.717) is 13.2 Å². The zero-order chi connectivity index (χ0) is 13.3. The van der Waals surface area contributed by atoms with Crippen LogP contribution in [0.4, 0.5) is 0 Å². The third-order valence-electron chi connectivity index (χ3n) is 2.42. The first-order valence-corrected chi connectivity index (χ1v) is 7.21. The van der Waals surface area contributed by atoms with Gasteiger partial charge in [-0.1, -0.05) is 60.7 Å². The standard InChI is InChI=1S/C14H14ClO3P/c15-18-19(16-11-13-7-3-1-4-8-13)17-12-14-9-5-2-6-10-14/h1-10H,11-12H2. The van der Waals surface area contributed by atoms with Crippen LogP contribution in [-0.4, -0.2) is 0 Å². The van der Waals surface area contributed by atoms with Gasteiger partial charge in [-0.25, -0.2) is 0 Å². The van der Waals surface area contributed by atoms with Crippen LogP contribution in [0.15, 0.2) is 60.7 Å². The SMILES string of the molecule is ClOP(OCc1ccccc1)OCc1ccccc1. The van der Waals surface area contributed by atoms with Gasteiger partial charge in [-0.15, -0.1) is 0 Å². The molecule has 2 aromatic carbocycles. The van der Waals surface area contributed by atoms with Crippen LogP contribution in [0.1, 0.15) is 11.1 Å². The van der Waals surface area contributed by atoms with Crippen molar-refractivity contribution in [1.82, 2.24) is 0 Å². The van der Waals surface area contributed by atoms with Gasteiger partial charge >= 0.3 is 8.60 Å². The molecular weight excluding hydrogens is 283 g/mol. The molecule has 0 aliphatic carbocycles. The lowest BCUT2D eigenvalue weighted by Gasteiger charge is -2.12. The Morgan fingerprint density at radius 3 is 1.53 bits per heavy atom. The summed E-state index contributed by atoms with van der Waals surface area (Å²) in [4.78, 5) is 0. The van der Waals surface area contributed by atoms with Crippen molar-refractivity contribution in [2.45, 2.75) is 13.2 Å². The molecule has 0 fully saturated rings. The van der Waals surface area contributed by atoms with Crippen LogP contribution in [0.25, 0.3) is 0 Å². The second kappa shape index (κ2) is 8.26. The fourth-order valence-electron chi connectivity index (χ4n) is 1.48. The summed E-state index contributed by atoms with van der Waals surface area (Å²) in [6.45, 7) is 0.822. The Hall–Kier alpha value is -0.960. The maximum atomic E-state index is 5.49. The molecule has 0 amide bonds. The van der Waals surface area contributed by atoms with Crippen LogP contribution in [0.2, 0.25) is 0 Å². The average molecular weight is 297 g/mol. The van der Waals surface area contributed by atoms with E-state index in [0.717, 1.165) is 11.1 Å². The molecule has 0 bridgehead atoms. The highest BCUT2D eigenvalue weighted by Gasteiger charge is 2.12. The number of halogens is 1. The summed E-state index contributed by atoms with van der Waals surface area (Å²) in [6.07, 6.45) is 0. The Bertz CT molecular complexity index is 423. The highest BCUT2D eigenvalue weighted by Crippen LogP contribution is 2.42. The van der Waals surface area contributed by atoms with Crippen LogP contribution in [0, 0.1) is 0 Å². The average Bonchev–Trinajstić information content (AvgIpc) is 2.49. The number of benzene rings is 2. The summed E-state index contributed by atoms with van der Waals surface area (Å²) in [5, 5.41) is 0. The van der Waals surface area contributed by atoms with E-state index >= 15 is 0 Å². The van der Waals surface area contributed by atoms with Gasteiger partial charge in [0.15, 0.2) is 0 Å². The summed E-state index contributed by atoms with van der Waals surface area (Å²) in [6, 6.07) is 19.6. The van der Waals surface area contributed by atoms with E-state index < -0.39 is 8.60 Å². The number of hydrogen-bond donors (Lipinski definition) is 0. The maximum Gasteiger partial charge on any atom is 0.351 e. The first-order valence-electron chi connectivity index (χ1n) is 5.81. The fraction of sp³-hybridized carbons (Fsp3) is 0.143. The largest absolute Gasteiger partial charge is 0.351 e. The molecule has 0 spiro atoms. The Morgan fingerprint density at radius 1 is 0.737 bits per heavy atom. The Kier molecular flexibility index (Phi) is 6.28. The lowest BCUT2D eigenvalue weighted by Crippen LogP contribution is -1.93. The fourth-order valence-corrected chi connectivity index (χ4v) is 2.38. The highest BCUT2D eigenvalue weighted by atomic mass is 35.5. The normalized spacial score (nSPS) is 10.8. The van der Waals surface area contributed by atoms with E-state index in [1.165, 1.54) is 0 Å². The second-order valence-electron chi connectivity index (χ2n) is 3.81. The molecular formula is C14H14ClO3P.